The van der Waals surface area contributed by atoms with Gasteiger partial charge in [0.25, 0.3) is 0 Å². The van der Waals surface area contributed by atoms with Crippen LogP contribution in [0.4, 0.5) is 17.6 Å². The Balaban J connectivity index is 3.23. The molecule has 5 heteroatoms. The van der Waals surface area contributed by atoms with Crippen molar-refractivity contribution in [3.05, 3.63) is 34.9 Å². The Labute approximate surface area is 83.3 Å². The van der Waals surface area contributed by atoms with Crippen molar-refractivity contribution in [2.24, 2.45) is 0 Å². The van der Waals surface area contributed by atoms with Crippen LogP contribution in [0, 0.1) is 35.1 Å². The second-order valence-corrected chi connectivity index (χ2v) is 2.62. The molecule has 1 aromatic rings. The Kier molecular flexibility index (Phi) is 3.69. The van der Waals surface area contributed by atoms with E-state index in [4.69, 9.17) is 5.11 Å². The predicted octanol–water partition coefficient (Wildman–Crippen LogP) is 1.98. The Morgan fingerprint density at radius 2 is 1.60 bits per heavy atom. The van der Waals surface area contributed by atoms with E-state index in [2.05, 4.69) is 5.92 Å². The van der Waals surface area contributed by atoms with Gasteiger partial charge in [0, 0.05) is 12.5 Å². The molecule has 1 nitrogen and oxygen atoms in total. The van der Waals surface area contributed by atoms with E-state index in [-0.39, 0.29) is 19.1 Å². The van der Waals surface area contributed by atoms with E-state index >= 15 is 0 Å². The van der Waals surface area contributed by atoms with E-state index in [0.29, 0.717) is 0 Å². The molecule has 80 valence electrons. The molecule has 0 amide bonds. The third-order valence-corrected chi connectivity index (χ3v) is 1.56. The standard InChI is InChI=1S/C10H6F4O/c11-7-5-8(12)10(14)6(9(7)13)3-1-2-4-15/h5,15H,2,4H2. The number of rotatable bonds is 1. The molecule has 0 aliphatic rings. The maximum absolute atomic E-state index is 12.9. The fourth-order valence-electron chi connectivity index (χ4n) is 0.890. The molecule has 0 saturated heterocycles. The van der Waals surface area contributed by atoms with E-state index in [0.717, 1.165) is 0 Å². The highest BCUT2D eigenvalue weighted by atomic mass is 19.2. The monoisotopic (exact) mass is 218 g/mol. The first-order valence-corrected chi connectivity index (χ1v) is 4.00. The smallest absolute Gasteiger partial charge is 0.177 e. The Hall–Kier alpha value is -1.54. The average molecular weight is 218 g/mol. The van der Waals surface area contributed by atoms with Crippen molar-refractivity contribution in [3.63, 3.8) is 0 Å². The molecule has 0 heterocycles. The van der Waals surface area contributed by atoms with Crippen LogP contribution in [0.15, 0.2) is 6.07 Å². The van der Waals surface area contributed by atoms with Crippen LogP contribution in [0.1, 0.15) is 12.0 Å². The van der Waals surface area contributed by atoms with Crippen LogP contribution in [-0.2, 0) is 0 Å². The first-order chi connectivity index (χ1) is 7.07. The van der Waals surface area contributed by atoms with E-state index in [9.17, 15) is 17.6 Å². The number of benzene rings is 1. The lowest BCUT2D eigenvalue weighted by Crippen LogP contribution is -1.98. The van der Waals surface area contributed by atoms with Gasteiger partial charge in [-0.05, 0) is 0 Å². The first kappa shape index (κ1) is 11.5. The van der Waals surface area contributed by atoms with Crippen molar-refractivity contribution in [2.75, 3.05) is 6.61 Å². The molecule has 0 aliphatic heterocycles. The van der Waals surface area contributed by atoms with E-state index in [1.165, 1.54) is 0 Å². The maximum atomic E-state index is 12.9. The highest BCUT2D eigenvalue weighted by Gasteiger charge is 2.17. The van der Waals surface area contributed by atoms with Crippen molar-refractivity contribution in [3.8, 4) is 11.8 Å². The third kappa shape index (κ3) is 2.48. The molecule has 0 radical (unpaired) electrons. The van der Waals surface area contributed by atoms with E-state index in [1.54, 1.807) is 0 Å². The summed E-state index contributed by atoms with van der Waals surface area (Å²) < 4.78 is 51.1. The largest absolute Gasteiger partial charge is 0.395 e. The summed E-state index contributed by atoms with van der Waals surface area (Å²) in [5, 5.41) is 8.35. The number of aliphatic hydroxyl groups excluding tert-OH is 1. The highest BCUT2D eigenvalue weighted by Crippen LogP contribution is 2.18. The zero-order valence-corrected chi connectivity index (χ0v) is 7.45. The molecule has 0 aromatic heterocycles. The molecule has 15 heavy (non-hydrogen) atoms. The topological polar surface area (TPSA) is 20.2 Å². The summed E-state index contributed by atoms with van der Waals surface area (Å²) in [6, 6.07) is 0.113. The van der Waals surface area contributed by atoms with E-state index < -0.39 is 28.8 Å². The zero-order valence-electron chi connectivity index (χ0n) is 7.45. The van der Waals surface area contributed by atoms with Gasteiger partial charge in [-0.3, -0.25) is 0 Å². The summed E-state index contributed by atoms with van der Waals surface area (Å²) in [5.41, 5.74) is -0.957. The fraction of sp³-hybridized carbons (Fsp3) is 0.200. The van der Waals surface area contributed by atoms with E-state index in [1.807, 2.05) is 5.92 Å². The van der Waals surface area contributed by atoms with Gasteiger partial charge in [-0.15, -0.1) is 0 Å². The minimum absolute atomic E-state index is 0.0307. The molecule has 1 rings (SSSR count). The molecule has 0 aliphatic carbocycles. The van der Waals surface area contributed by atoms with Gasteiger partial charge in [0.15, 0.2) is 23.3 Å². The molecule has 0 unspecified atom stereocenters. The maximum Gasteiger partial charge on any atom is 0.177 e. The van der Waals surface area contributed by atoms with Crippen molar-refractivity contribution in [1.82, 2.24) is 0 Å². The highest BCUT2D eigenvalue weighted by molar-refractivity contribution is 5.37. The summed E-state index contributed by atoms with van der Waals surface area (Å²) in [6.07, 6.45) is -0.0307. The molecule has 0 saturated carbocycles. The van der Waals surface area contributed by atoms with Gasteiger partial charge in [0.1, 0.15) is 5.56 Å². The zero-order chi connectivity index (χ0) is 11.4. The number of hydrogen-bond donors (Lipinski definition) is 1. The molecule has 0 atom stereocenters. The number of hydrogen-bond acceptors (Lipinski definition) is 1. The second-order valence-electron chi connectivity index (χ2n) is 2.62. The van der Waals surface area contributed by atoms with Gasteiger partial charge in [0.05, 0.1) is 6.61 Å². The van der Waals surface area contributed by atoms with Crippen LogP contribution in [-0.4, -0.2) is 11.7 Å². The quantitative estimate of drug-likeness (QED) is 0.434. The second kappa shape index (κ2) is 4.80. The van der Waals surface area contributed by atoms with Crippen LogP contribution in [0.2, 0.25) is 0 Å². The molecular formula is C10H6F4O. The Morgan fingerprint density at radius 3 is 2.07 bits per heavy atom. The Bertz CT molecular complexity index is 405. The van der Waals surface area contributed by atoms with Crippen LogP contribution in [0.3, 0.4) is 0 Å². The minimum Gasteiger partial charge on any atom is -0.395 e. The van der Waals surface area contributed by atoms with Crippen molar-refractivity contribution >= 4 is 0 Å². The lowest BCUT2D eigenvalue weighted by atomic mass is 10.2. The number of aliphatic hydroxyl groups is 1. The van der Waals surface area contributed by atoms with Gasteiger partial charge < -0.3 is 5.11 Å². The third-order valence-electron chi connectivity index (χ3n) is 1.56. The minimum atomic E-state index is -1.53. The van der Waals surface area contributed by atoms with Crippen molar-refractivity contribution in [1.29, 1.82) is 0 Å². The first-order valence-electron chi connectivity index (χ1n) is 4.00. The molecular weight excluding hydrogens is 212 g/mol. The van der Waals surface area contributed by atoms with Gasteiger partial charge in [-0.1, -0.05) is 11.8 Å². The molecule has 0 spiro atoms. The predicted molar refractivity (Wildman–Crippen MR) is 44.9 cm³/mol. The van der Waals surface area contributed by atoms with Gasteiger partial charge in [0.2, 0.25) is 0 Å². The summed E-state index contributed by atoms with van der Waals surface area (Å²) in [5.74, 6) is -1.95. The Morgan fingerprint density at radius 1 is 1.07 bits per heavy atom. The lowest BCUT2D eigenvalue weighted by molar-refractivity contribution is 0.305. The fourth-order valence-corrected chi connectivity index (χ4v) is 0.890. The number of halogens is 4. The molecule has 1 aromatic carbocycles. The average Bonchev–Trinajstić information content (AvgIpc) is 2.20. The van der Waals surface area contributed by atoms with Gasteiger partial charge in [-0.25, -0.2) is 17.6 Å². The van der Waals surface area contributed by atoms with Gasteiger partial charge in [-0.2, -0.15) is 0 Å². The van der Waals surface area contributed by atoms with Crippen LogP contribution < -0.4 is 0 Å². The summed E-state index contributed by atoms with van der Waals surface area (Å²) in [4.78, 5) is 0. The molecule has 1 N–H and O–H groups in total. The van der Waals surface area contributed by atoms with Gasteiger partial charge >= 0.3 is 0 Å². The SMILES string of the molecule is OCCC#Cc1c(F)c(F)cc(F)c1F. The van der Waals surface area contributed by atoms with Crippen LogP contribution in [0.5, 0.6) is 0 Å². The molecule has 0 fully saturated rings. The van der Waals surface area contributed by atoms with Crippen LogP contribution in [0.25, 0.3) is 0 Å². The summed E-state index contributed by atoms with van der Waals surface area (Å²) in [6.45, 7) is -0.298. The lowest BCUT2D eigenvalue weighted by Gasteiger charge is -1.99. The van der Waals surface area contributed by atoms with Crippen LogP contribution >= 0.6 is 0 Å². The summed E-state index contributed by atoms with van der Waals surface area (Å²) in [7, 11) is 0. The van der Waals surface area contributed by atoms with Crippen molar-refractivity contribution in [2.45, 2.75) is 6.42 Å². The van der Waals surface area contributed by atoms with Crippen molar-refractivity contribution < 1.29 is 22.7 Å². The normalized spacial score (nSPS) is 9.67. The molecule has 0 bridgehead atoms. The summed E-state index contributed by atoms with van der Waals surface area (Å²) >= 11 is 0.